The van der Waals surface area contributed by atoms with Gasteiger partial charge >= 0.3 is 5.97 Å². The molecule has 26 heavy (non-hydrogen) atoms. The molecule has 3 N–H and O–H groups in total. The number of nitrogens with two attached hydrogens (primary N) is 1. The van der Waals surface area contributed by atoms with E-state index >= 15 is 0 Å². The fraction of sp³-hybridized carbons (Fsp3) is 0.444. The van der Waals surface area contributed by atoms with E-state index in [4.69, 9.17) is 5.73 Å². The second-order valence-electron chi connectivity index (χ2n) is 7.28. The molecule has 1 aliphatic heterocycles. The van der Waals surface area contributed by atoms with Crippen LogP contribution in [0.3, 0.4) is 0 Å². The Morgan fingerprint density at radius 3 is 2.62 bits per heavy atom. The summed E-state index contributed by atoms with van der Waals surface area (Å²) >= 11 is 3.50. The number of carboxylic acids is 1. The lowest BCUT2D eigenvalue weighted by atomic mass is 10.1. The number of fused-ring (bicyclic) bond motifs is 1. The van der Waals surface area contributed by atoms with Crippen LogP contribution in [0.25, 0.3) is 10.9 Å². The Morgan fingerprint density at radius 2 is 2.08 bits per heavy atom. The van der Waals surface area contributed by atoms with Crippen LogP contribution in [0.4, 0.5) is 10.1 Å². The minimum absolute atomic E-state index is 0.0444. The summed E-state index contributed by atoms with van der Waals surface area (Å²) in [5.74, 6) is -1.61. The van der Waals surface area contributed by atoms with Gasteiger partial charge in [-0.05, 0) is 40.8 Å². The van der Waals surface area contributed by atoms with Crippen molar-refractivity contribution in [3.63, 3.8) is 0 Å². The molecule has 0 amide bonds. The monoisotopic (exact) mass is 423 g/mol. The molecule has 2 fully saturated rings. The summed E-state index contributed by atoms with van der Waals surface area (Å²) in [6.07, 6.45) is 3.19. The van der Waals surface area contributed by atoms with E-state index in [0.29, 0.717) is 28.8 Å². The summed E-state index contributed by atoms with van der Waals surface area (Å²) in [6.45, 7) is 3.18. The number of halogens is 2. The molecule has 8 heteroatoms. The van der Waals surface area contributed by atoms with E-state index in [9.17, 15) is 19.1 Å². The molecule has 2 aromatic rings. The van der Waals surface area contributed by atoms with E-state index in [0.717, 1.165) is 18.9 Å². The molecular weight excluding hydrogens is 405 g/mol. The number of pyridine rings is 1. The van der Waals surface area contributed by atoms with Gasteiger partial charge in [-0.2, -0.15) is 0 Å². The number of aromatic carboxylic acids is 1. The highest BCUT2D eigenvalue weighted by atomic mass is 79.9. The minimum atomic E-state index is -1.30. The van der Waals surface area contributed by atoms with E-state index in [-0.39, 0.29) is 29.0 Å². The van der Waals surface area contributed by atoms with Gasteiger partial charge in [0.15, 0.2) is 0 Å². The molecule has 2 atom stereocenters. The van der Waals surface area contributed by atoms with Crippen LogP contribution < -0.4 is 16.1 Å². The van der Waals surface area contributed by atoms with E-state index in [1.807, 2.05) is 11.8 Å². The fourth-order valence-electron chi connectivity index (χ4n) is 3.69. The molecule has 0 spiro atoms. The summed E-state index contributed by atoms with van der Waals surface area (Å²) in [5, 5.41) is 9.42. The van der Waals surface area contributed by atoms with Gasteiger partial charge in [0.25, 0.3) is 0 Å². The molecule has 0 radical (unpaired) electrons. The predicted molar refractivity (Wildman–Crippen MR) is 100 cm³/mol. The van der Waals surface area contributed by atoms with Gasteiger partial charge in [-0.25, -0.2) is 9.18 Å². The summed E-state index contributed by atoms with van der Waals surface area (Å²) in [5.41, 5.74) is 6.02. The van der Waals surface area contributed by atoms with Gasteiger partial charge in [0, 0.05) is 31.4 Å². The number of aromatic nitrogens is 1. The van der Waals surface area contributed by atoms with Gasteiger partial charge in [-0.15, -0.1) is 0 Å². The lowest BCUT2D eigenvalue weighted by Gasteiger charge is -2.23. The lowest BCUT2D eigenvalue weighted by molar-refractivity contribution is 0.0695. The van der Waals surface area contributed by atoms with Crippen LogP contribution in [0.15, 0.2) is 21.5 Å². The maximum absolute atomic E-state index is 14.9. The molecule has 2 heterocycles. The van der Waals surface area contributed by atoms with Crippen LogP contribution in [-0.2, 0) is 0 Å². The molecule has 1 saturated heterocycles. The SMILES string of the molecule is C[C@H]1CN(c2c(F)cc3c(=O)c(C(=O)O)cn(C4CC4)c3c2Br)C[C@@H]1N. The highest BCUT2D eigenvalue weighted by molar-refractivity contribution is 9.10. The number of benzene rings is 1. The van der Waals surface area contributed by atoms with E-state index < -0.39 is 17.2 Å². The Bertz CT molecular complexity index is 976. The van der Waals surface area contributed by atoms with Gasteiger partial charge in [0.1, 0.15) is 11.4 Å². The molecule has 2 aliphatic rings. The van der Waals surface area contributed by atoms with E-state index in [1.165, 1.54) is 6.20 Å². The van der Waals surface area contributed by atoms with Gasteiger partial charge in [0.2, 0.25) is 5.43 Å². The van der Waals surface area contributed by atoms with Gasteiger partial charge < -0.3 is 20.3 Å². The fourth-order valence-corrected chi connectivity index (χ4v) is 4.55. The highest BCUT2D eigenvalue weighted by Crippen LogP contribution is 2.43. The molecule has 0 unspecified atom stereocenters. The van der Waals surface area contributed by atoms with Crippen molar-refractivity contribution in [2.45, 2.75) is 31.8 Å². The topological polar surface area (TPSA) is 88.6 Å². The zero-order valence-electron chi connectivity index (χ0n) is 14.2. The maximum atomic E-state index is 14.9. The van der Waals surface area contributed by atoms with Crippen LogP contribution in [-0.4, -0.2) is 34.8 Å². The van der Waals surface area contributed by atoms with Crippen LogP contribution >= 0.6 is 15.9 Å². The summed E-state index contributed by atoms with van der Waals surface area (Å²) in [4.78, 5) is 25.9. The van der Waals surface area contributed by atoms with Crippen LogP contribution in [0.1, 0.15) is 36.2 Å². The Kier molecular flexibility index (Phi) is 4.07. The Labute approximate surface area is 157 Å². The molecular formula is C18H19BrFN3O3. The van der Waals surface area contributed by atoms with Gasteiger partial charge in [0.05, 0.1) is 21.1 Å². The third-order valence-electron chi connectivity index (χ3n) is 5.34. The minimum Gasteiger partial charge on any atom is -0.477 e. The zero-order valence-corrected chi connectivity index (χ0v) is 15.8. The summed E-state index contributed by atoms with van der Waals surface area (Å²) in [7, 11) is 0. The standard InChI is InChI=1S/C18H19BrFN3O3/c1-8-5-22(7-13(8)21)16-12(20)4-10-15(14(16)19)23(9-2-3-9)6-11(17(10)24)18(25)26/h4,6,8-9,13H,2-3,5,7,21H2,1H3,(H,25,26)/t8-,13-/m0/s1. The van der Waals surface area contributed by atoms with Crippen LogP contribution in [0.5, 0.6) is 0 Å². The van der Waals surface area contributed by atoms with Crippen LogP contribution in [0, 0.1) is 11.7 Å². The number of hydrogen-bond donors (Lipinski definition) is 2. The Hall–Kier alpha value is -1.93. The van der Waals surface area contributed by atoms with Crippen molar-refractivity contribution >= 4 is 38.5 Å². The van der Waals surface area contributed by atoms with Crippen molar-refractivity contribution < 1.29 is 14.3 Å². The van der Waals surface area contributed by atoms with E-state index in [1.54, 1.807) is 4.57 Å². The lowest BCUT2D eigenvalue weighted by Crippen LogP contribution is -2.29. The zero-order chi connectivity index (χ0) is 18.7. The van der Waals surface area contributed by atoms with Crippen molar-refractivity contribution in [2.75, 3.05) is 18.0 Å². The number of carbonyl (C=O) groups is 1. The van der Waals surface area contributed by atoms with Crippen molar-refractivity contribution in [1.82, 2.24) is 4.57 Å². The summed E-state index contributed by atoms with van der Waals surface area (Å²) < 4.78 is 17.2. The van der Waals surface area contributed by atoms with Gasteiger partial charge in [-0.1, -0.05) is 6.92 Å². The Balaban J connectivity index is 2.00. The first-order valence-electron chi connectivity index (χ1n) is 8.60. The number of carboxylic acid groups (broad SMARTS) is 1. The largest absolute Gasteiger partial charge is 0.477 e. The molecule has 138 valence electrons. The number of nitrogens with zero attached hydrogens (tertiary/aromatic N) is 2. The van der Waals surface area contributed by atoms with Crippen molar-refractivity contribution in [1.29, 1.82) is 0 Å². The maximum Gasteiger partial charge on any atom is 0.341 e. The second kappa shape index (κ2) is 6.06. The molecule has 1 aromatic heterocycles. The smallest absolute Gasteiger partial charge is 0.341 e. The summed E-state index contributed by atoms with van der Waals surface area (Å²) in [6, 6.07) is 1.25. The molecule has 1 saturated carbocycles. The third kappa shape index (κ3) is 2.63. The quantitative estimate of drug-likeness (QED) is 0.791. The van der Waals surface area contributed by atoms with Crippen molar-refractivity contribution in [3.8, 4) is 0 Å². The molecule has 1 aromatic carbocycles. The number of anilines is 1. The first-order valence-corrected chi connectivity index (χ1v) is 9.39. The normalized spacial score (nSPS) is 23.0. The van der Waals surface area contributed by atoms with Crippen LogP contribution in [0.2, 0.25) is 0 Å². The first kappa shape index (κ1) is 17.5. The molecule has 0 bridgehead atoms. The predicted octanol–water partition coefficient (Wildman–Crippen LogP) is 2.72. The molecule has 6 nitrogen and oxygen atoms in total. The third-order valence-corrected chi connectivity index (χ3v) is 6.09. The highest BCUT2D eigenvalue weighted by Gasteiger charge is 2.33. The van der Waals surface area contributed by atoms with E-state index in [2.05, 4.69) is 15.9 Å². The van der Waals surface area contributed by atoms with Crippen molar-refractivity contribution in [2.24, 2.45) is 11.7 Å². The average molecular weight is 424 g/mol. The molecule has 1 aliphatic carbocycles. The second-order valence-corrected chi connectivity index (χ2v) is 8.07. The first-order chi connectivity index (χ1) is 12.3. The van der Waals surface area contributed by atoms with Gasteiger partial charge in [-0.3, -0.25) is 4.79 Å². The Morgan fingerprint density at radius 1 is 1.38 bits per heavy atom. The average Bonchev–Trinajstić information content (AvgIpc) is 3.35. The van der Waals surface area contributed by atoms with Crippen molar-refractivity contribution in [3.05, 3.63) is 38.3 Å². The number of hydrogen-bond acceptors (Lipinski definition) is 4. The number of rotatable bonds is 3. The molecule has 4 rings (SSSR count).